The number of alkyl halides is 5. The van der Waals surface area contributed by atoms with Crippen molar-refractivity contribution in [3.8, 4) is 0 Å². The van der Waals surface area contributed by atoms with Crippen LogP contribution in [0.25, 0.3) is 0 Å². The van der Waals surface area contributed by atoms with Gasteiger partial charge in [-0.3, -0.25) is 0 Å². The predicted molar refractivity (Wildman–Crippen MR) is 28.4 cm³/mol. The maximum absolute atomic E-state index is 9.62. The second-order valence-corrected chi connectivity index (χ2v) is 2.33. The van der Waals surface area contributed by atoms with Gasteiger partial charge in [-0.2, -0.15) is 0 Å². The van der Waals surface area contributed by atoms with Crippen molar-refractivity contribution in [2.45, 2.75) is 4.30 Å². The van der Waals surface area contributed by atoms with Crippen molar-refractivity contribution in [1.29, 1.82) is 0 Å². The average Bonchev–Trinajstić information content (AvgIpc) is 1.33. The maximum atomic E-state index is 9.62. The van der Waals surface area contributed by atoms with Gasteiger partial charge in [0.1, 0.15) is 0 Å². The molecule has 0 saturated heterocycles. The summed E-state index contributed by atoms with van der Waals surface area (Å²) in [4.78, 5) is 0. The fourth-order valence-electron chi connectivity index (χ4n) is 0. The molecule has 0 aliphatic carbocycles. The molecule has 0 bridgehead atoms. The zero-order valence-electron chi connectivity index (χ0n) is 3.17. The molecule has 0 aliphatic rings. The Bertz CT molecular complexity index is 22.1. The monoisotopic (exact) mass is 170 g/mol. The molecule has 0 nitrogen and oxygen atoms in total. The van der Waals surface area contributed by atoms with Crippen molar-refractivity contribution in [3.05, 3.63) is 0 Å². The highest BCUT2D eigenvalue weighted by molar-refractivity contribution is 6.63. The molecule has 46 valence electrons. The summed E-state index contributed by atoms with van der Waals surface area (Å²) in [5.41, 5.74) is 0. The minimum absolute atomic E-state index is 0.750. The van der Waals surface area contributed by atoms with Crippen molar-refractivity contribution in [1.82, 2.24) is 0 Å². The van der Waals surface area contributed by atoms with Crippen LogP contribution in [0.4, 0.5) is 8.78 Å². The number of rotatable bonds is 0. The minimum atomic E-state index is -1.75. The Morgan fingerprint density at radius 3 is 1.14 bits per heavy atom. The van der Waals surface area contributed by atoms with E-state index in [1.54, 1.807) is 0 Å². The van der Waals surface area contributed by atoms with Crippen LogP contribution in [0.3, 0.4) is 0 Å². The molecule has 0 heterocycles. The van der Waals surface area contributed by atoms with E-state index in [1.807, 2.05) is 0 Å². The number of halogens is 5. The van der Waals surface area contributed by atoms with Gasteiger partial charge in [0.25, 0.3) is 0 Å². The van der Waals surface area contributed by atoms with Gasteiger partial charge in [0, 0.05) is 0 Å². The average molecular weight is 171 g/mol. The van der Waals surface area contributed by atoms with Gasteiger partial charge in [-0.15, -0.1) is 0 Å². The van der Waals surface area contributed by atoms with Crippen LogP contribution in [0.1, 0.15) is 0 Å². The molecular weight excluding hydrogens is 168 g/mol. The van der Waals surface area contributed by atoms with Crippen LogP contribution in [-0.2, 0) is 0 Å². The summed E-state index contributed by atoms with van der Waals surface area (Å²) in [6.07, 6.45) is 0. The Hall–Kier alpha value is 0.730. The molecule has 0 N–H and O–H groups in total. The van der Waals surface area contributed by atoms with E-state index in [0.29, 0.717) is 0 Å². The second kappa shape index (κ2) is 9.88. The SMILES string of the molecule is ClC(Cl)Cl.FCF. The molecule has 0 saturated carbocycles. The van der Waals surface area contributed by atoms with Gasteiger partial charge in [0.05, 0.1) is 0 Å². The summed E-state index contributed by atoms with van der Waals surface area (Å²) in [7, 11) is 0. The molecule has 0 aromatic rings. The molecule has 0 spiro atoms. The van der Waals surface area contributed by atoms with Crippen LogP contribution in [0.5, 0.6) is 0 Å². The third-order valence-electron chi connectivity index (χ3n) is 0. The van der Waals surface area contributed by atoms with Gasteiger partial charge in [-0.05, 0) is 0 Å². The zero-order chi connectivity index (χ0) is 6.28. The lowest BCUT2D eigenvalue weighted by molar-refractivity contribution is 0.295. The summed E-state index contributed by atoms with van der Waals surface area (Å²) in [6.45, 7) is -1.75. The molecule has 5 heteroatoms. The molecule has 0 radical (unpaired) electrons. The van der Waals surface area contributed by atoms with Gasteiger partial charge in [-0.1, -0.05) is 34.8 Å². The van der Waals surface area contributed by atoms with E-state index in [4.69, 9.17) is 34.8 Å². The summed E-state index contributed by atoms with van der Waals surface area (Å²) in [6, 6.07) is 0. The van der Waals surface area contributed by atoms with E-state index in [0.717, 1.165) is 0 Å². The number of hydrogen-bond donors (Lipinski definition) is 0. The quantitative estimate of drug-likeness (QED) is 0.492. The van der Waals surface area contributed by atoms with Crippen LogP contribution >= 0.6 is 34.8 Å². The van der Waals surface area contributed by atoms with Gasteiger partial charge < -0.3 is 0 Å². The topological polar surface area (TPSA) is 0 Å². The van der Waals surface area contributed by atoms with Crippen LogP contribution < -0.4 is 0 Å². The summed E-state index contributed by atoms with van der Waals surface area (Å²) in [5.74, 6) is 0. The smallest absolute Gasteiger partial charge is 0.214 e. The second-order valence-electron chi connectivity index (χ2n) is 0.348. The van der Waals surface area contributed by atoms with E-state index in [1.165, 1.54) is 0 Å². The Kier molecular flexibility index (Phi) is 15.0. The largest absolute Gasteiger partial charge is 0.229 e. The zero-order valence-corrected chi connectivity index (χ0v) is 5.44. The molecular formula is C2H3Cl3F2. The number of hydrogen-bond acceptors (Lipinski definition) is 0. The predicted octanol–water partition coefficient (Wildman–Crippen LogP) is 2.87. The van der Waals surface area contributed by atoms with Gasteiger partial charge >= 0.3 is 0 Å². The van der Waals surface area contributed by atoms with Gasteiger partial charge in [0.2, 0.25) is 6.93 Å². The first-order chi connectivity index (χ1) is 3.15. The van der Waals surface area contributed by atoms with E-state index < -0.39 is 11.2 Å². The third-order valence-corrected chi connectivity index (χ3v) is 0. The summed E-state index contributed by atoms with van der Waals surface area (Å²) in [5, 5.41) is 0. The van der Waals surface area contributed by atoms with Crippen LogP contribution in [0.15, 0.2) is 0 Å². The fraction of sp³-hybridized carbons (Fsp3) is 1.00. The lowest BCUT2D eigenvalue weighted by Crippen LogP contribution is -1.55. The highest BCUT2D eigenvalue weighted by atomic mass is 35.6. The van der Waals surface area contributed by atoms with Gasteiger partial charge in [-0.25, -0.2) is 8.78 Å². The van der Waals surface area contributed by atoms with Crippen molar-refractivity contribution < 1.29 is 8.78 Å². The summed E-state index contributed by atoms with van der Waals surface area (Å²) >= 11 is 14.4. The Labute approximate surface area is 55.4 Å². The van der Waals surface area contributed by atoms with E-state index in [-0.39, 0.29) is 0 Å². The highest BCUT2D eigenvalue weighted by Crippen LogP contribution is 2.03. The molecule has 0 amide bonds. The lowest BCUT2D eigenvalue weighted by Gasteiger charge is -1.69. The highest BCUT2D eigenvalue weighted by Gasteiger charge is 1.78. The maximum Gasteiger partial charge on any atom is 0.229 e. The Morgan fingerprint density at radius 1 is 1.14 bits per heavy atom. The third kappa shape index (κ3) is 283. The van der Waals surface area contributed by atoms with E-state index in [9.17, 15) is 8.78 Å². The standard InChI is InChI=1S/CHCl3.CH2F2/c2-1(3)4;2-1-3/h1H;1H2. The molecule has 0 unspecified atom stereocenters. The van der Waals surface area contributed by atoms with Gasteiger partial charge in [0.15, 0.2) is 4.30 Å². The first-order valence-electron chi connectivity index (χ1n) is 1.19. The molecule has 0 aromatic carbocycles. The van der Waals surface area contributed by atoms with Crippen molar-refractivity contribution >= 4 is 34.8 Å². The van der Waals surface area contributed by atoms with E-state index >= 15 is 0 Å². The van der Waals surface area contributed by atoms with Crippen molar-refractivity contribution in [2.24, 2.45) is 0 Å². The summed E-state index contributed by atoms with van der Waals surface area (Å²) < 4.78 is 18.5. The van der Waals surface area contributed by atoms with Crippen molar-refractivity contribution in [3.63, 3.8) is 0 Å². The van der Waals surface area contributed by atoms with E-state index in [2.05, 4.69) is 0 Å². The lowest BCUT2D eigenvalue weighted by atomic mass is 11.7. The molecule has 0 rings (SSSR count). The molecule has 0 aliphatic heterocycles. The minimum Gasteiger partial charge on any atom is -0.214 e. The normalized spacial score (nSPS) is 7.71. The van der Waals surface area contributed by atoms with Crippen molar-refractivity contribution in [2.75, 3.05) is 6.93 Å². The molecule has 0 aromatic heterocycles. The Balaban J connectivity index is 0. The molecule has 0 atom stereocenters. The first kappa shape index (κ1) is 10.7. The Morgan fingerprint density at radius 2 is 1.14 bits per heavy atom. The molecule has 7 heavy (non-hydrogen) atoms. The van der Waals surface area contributed by atoms with Crippen LogP contribution in [-0.4, -0.2) is 11.2 Å². The van der Waals surface area contributed by atoms with Crippen LogP contribution in [0.2, 0.25) is 0 Å². The molecule has 0 fully saturated rings. The van der Waals surface area contributed by atoms with Crippen LogP contribution in [0, 0.1) is 0 Å². The fourth-order valence-corrected chi connectivity index (χ4v) is 0. The first-order valence-corrected chi connectivity index (χ1v) is 2.50.